The maximum Gasteiger partial charge on any atom is 0.407 e. The van der Waals surface area contributed by atoms with Gasteiger partial charge in [0.15, 0.2) is 0 Å². The Morgan fingerprint density at radius 2 is 1.72 bits per heavy atom. The fourth-order valence-electron chi connectivity index (χ4n) is 2.28. The minimum atomic E-state index is -0.574. The molecule has 0 saturated carbocycles. The lowest BCUT2D eigenvalue weighted by molar-refractivity contribution is -0.121. The molecule has 3 amide bonds. The summed E-state index contributed by atoms with van der Waals surface area (Å²) in [6, 6.07) is 12.3. The number of hydrogen-bond donors (Lipinski definition) is 3. The number of pyridine rings is 1. The highest BCUT2D eigenvalue weighted by Gasteiger charge is 2.15. The van der Waals surface area contributed by atoms with E-state index in [4.69, 9.17) is 4.74 Å². The zero-order valence-electron chi connectivity index (χ0n) is 16.8. The van der Waals surface area contributed by atoms with Crippen LogP contribution in [0, 0.1) is 0 Å². The monoisotopic (exact) mass is 398 g/mol. The lowest BCUT2D eigenvalue weighted by atomic mass is 10.2. The number of nitrogens with one attached hydrogen (secondary N) is 3. The van der Waals surface area contributed by atoms with E-state index < -0.39 is 11.7 Å². The van der Waals surface area contributed by atoms with Crippen molar-refractivity contribution in [2.75, 3.05) is 11.9 Å². The summed E-state index contributed by atoms with van der Waals surface area (Å²) < 4.78 is 5.10. The third kappa shape index (κ3) is 8.42. The van der Waals surface area contributed by atoms with Gasteiger partial charge in [-0.05, 0) is 50.6 Å². The number of amides is 3. The number of carbonyl (C=O) groups is 3. The highest BCUT2D eigenvalue weighted by molar-refractivity contribution is 6.02. The van der Waals surface area contributed by atoms with Gasteiger partial charge in [0, 0.05) is 31.4 Å². The van der Waals surface area contributed by atoms with E-state index in [9.17, 15) is 14.4 Å². The molecular formula is C21H26N4O4. The number of aromatic nitrogens is 1. The first-order valence-electron chi connectivity index (χ1n) is 9.28. The Labute approximate surface area is 170 Å². The molecule has 8 nitrogen and oxygen atoms in total. The van der Waals surface area contributed by atoms with Crippen LogP contribution in [-0.2, 0) is 16.1 Å². The Kier molecular flexibility index (Phi) is 7.70. The van der Waals surface area contributed by atoms with Crippen LogP contribution < -0.4 is 16.0 Å². The van der Waals surface area contributed by atoms with Crippen LogP contribution in [0.1, 0.15) is 43.2 Å². The summed E-state index contributed by atoms with van der Waals surface area (Å²) in [5, 5.41) is 8.08. The summed E-state index contributed by atoms with van der Waals surface area (Å²) in [5.41, 5.74) is 1.28. The van der Waals surface area contributed by atoms with Crippen LogP contribution in [0.15, 0.2) is 48.7 Å². The van der Waals surface area contributed by atoms with Crippen LogP contribution in [0.4, 0.5) is 10.5 Å². The van der Waals surface area contributed by atoms with Crippen molar-refractivity contribution in [3.8, 4) is 0 Å². The van der Waals surface area contributed by atoms with E-state index in [2.05, 4.69) is 20.9 Å². The molecule has 0 aliphatic heterocycles. The Morgan fingerprint density at radius 1 is 1.00 bits per heavy atom. The fraction of sp³-hybridized carbons (Fsp3) is 0.333. The Morgan fingerprint density at radius 3 is 2.34 bits per heavy atom. The second-order valence-electron chi connectivity index (χ2n) is 7.32. The molecule has 8 heteroatoms. The maximum atomic E-state index is 12.1. The Balaban J connectivity index is 1.71. The molecule has 1 aromatic heterocycles. The predicted octanol–water partition coefficient (Wildman–Crippen LogP) is 2.86. The average molecular weight is 398 g/mol. The number of alkyl carbamates (subject to hydrolysis) is 1. The van der Waals surface area contributed by atoms with Gasteiger partial charge in [0.1, 0.15) is 11.3 Å². The molecular weight excluding hydrogens is 372 g/mol. The molecule has 0 aliphatic carbocycles. The van der Waals surface area contributed by atoms with E-state index in [1.165, 1.54) is 0 Å². The van der Waals surface area contributed by atoms with Crippen molar-refractivity contribution < 1.29 is 19.1 Å². The second kappa shape index (κ2) is 10.2. The third-order valence-electron chi connectivity index (χ3n) is 3.62. The number of carbonyl (C=O) groups excluding carboxylic acids is 3. The molecule has 0 saturated heterocycles. The minimum Gasteiger partial charge on any atom is -0.444 e. The topological polar surface area (TPSA) is 109 Å². The standard InChI is InChI=1S/C21H26N4O4/c1-21(2,3)29-20(28)23-13-11-18(26)24-14-15-7-9-16(10-8-15)25-19(27)17-6-4-5-12-22-17/h4-10,12H,11,13-14H2,1-3H3,(H,23,28)(H,24,26)(H,25,27). The highest BCUT2D eigenvalue weighted by atomic mass is 16.6. The number of rotatable bonds is 7. The van der Waals surface area contributed by atoms with Gasteiger partial charge in [-0.15, -0.1) is 0 Å². The van der Waals surface area contributed by atoms with Crippen molar-refractivity contribution in [3.63, 3.8) is 0 Å². The molecule has 0 bridgehead atoms. The number of hydrogen-bond acceptors (Lipinski definition) is 5. The number of anilines is 1. The summed E-state index contributed by atoms with van der Waals surface area (Å²) in [4.78, 5) is 39.5. The van der Waals surface area contributed by atoms with E-state index in [1.807, 2.05) is 12.1 Å². The summed E-state index contributed by atoms with van der Waals surface area (Å²) in [6.45, 7) is 5.86. The van der Waals surface area contributed by atoms with Gasteiger partial charge in [0.05, 0.1) is 0 Å². The SMILES string of the molecule is CC(C)(C)OC(=O)NCCC(=O)NCc1ccc(NC(=O)c2ccccn2)cc1. The molecule has 0 aliphatic rings. The first-order chi connectivity index (χ1) is 13.7. The molecule has 1 heterocycles. The molecule has 29 heavy (non-hydrogen) atoms. The average Bonchev–Trinajstić information content (AvgIpc) is 2.66. The lowest BCUT2D eigenvalue weighted by Crippen LogP contribution is -2.35. The number of benzene rings is 1. The van der Waals surface area contributed by atoms with Crippen LogP contribution in [0.25, 0.3) is 0 Å². The van der Waals surface area contributed by atoms with Gasteiger partial charge in [0.2, 0.25) is 5.91 Å². The third-order valence-corrected chi connectivity index (χ3v) is 3.62. The second-order valence-corrected chi connectivity index (χ2v) is 7.32. The summed E-state index contributed by atoms with van der Waals surface area (Å²) >= 11 is 0. The molecule has 0 spiro atoms. The zero-order valence-corrected chi connectivity index (χ0v) is 16.8. The van der Waals surface area contributed by atoms with Crippen molar-refractivity contribution in [3.05, 3.63) is 59.9 Å². The minimum absolute atomic E-state index is 0.150. The van der Waals surface area contributed by atoms with Crippen LogP contribution in [0.3, 0.4) is 0 Å². The Hall–Kier alpha value is -3.42. The van der Waals surface area contributed by atoms with E-state index >= 15 is 0 Å². The van der Waals surface area contributed by atoms with E-state index in [0.29, 0.717) is 17.9 Å². The zero-order chi connectivity index (χ0) is 21.3. The maximum absolute atomic E-state index is 12.1. The fourth-order valence-corrected chi connectivity index (χ4v) is 2.28. The first-order valence-corrected chi connectivity index (χ1v) is 9.28. The van der Waals surface area contributed by atoms with Gasteiger partial charge < -0.3 is 20.7 Å². The largest absolute Gasteiger partial charge is 0.444 e. The van der Waals surface area contributed by atoms with E-state index in [0.717, 1.165) is 5.56 Å². The molecule has 0 atom stereocenters. The summed E-state index contributed by atoms with van der Waals surface area (Å²) in [6.07, 6.45) is 1.16. The predicted molar refractivity (Wildman–Crippen MR) is 109 cm³/mol. The number of ether oxygens (including phenoxy) is 1. The van der Waals surface area contributed by atoms with E-state index in [1.54, 1.807) is 57.3 Å². The van der Waals surface area contributed by atoms with Gasteiger partial charge in [0.25, 0.3) is 5.91 Å². The van der Waals surface area contributed by atoms with Crippen molar-refractivity contribution >= 4 is 23.6 Å². The Bertz CT molecular complexity index is 830. The molecule has 0 fully saturated rings. The van der Waals surface area contributed by atoms with E-state index in [-0.39, 0.29) is 24.8 Å². The normalized spacial score (nSPS) is 10.7. The quantitative estimate of drug-likeness (QED) is 0.664. The lowest BCUT2D eigenvalue weighted by Gasteiger charge is -2.19. The van der Waals surface area contributed by atoms with Gasteiger partial charge in [-0.25, -0.2) is 4.79 Å². The molecule has 0 unspecified atom stereocenters. The smallest absolute Gasteiger partial charge is 0.407 e. The summed E-state index contributed by atoms with van der Waals surface area (Å²) in [7, 11) is 0. The van der Waals surface area contributed by atoms with Gasteiger partial charge in [-0.1, -0.05) is 18.2 Å². The van der Waals surface area contributed by atoms with Gasteiger partial charge in [-0.3, -0.25) is 14.6 Å². The molecule has 1 aromatic carbocycles. The first kappa shape index (κ1) is 21.9. The van der Waals surface area contributed by atoms with Crippen molar-refractivity contribution in [1.29, 1.82) is 0 Å². The van der Waals surface area contributed by atoms with Crippen molar-refractivity contribution in [1.82, 2.24) is 15.6 Å². The highest BCUT2D eigenvalue weighted by Crippen LogP contribution is 2.11. The van der Waals surface area contributed by atoms with Crippen LogP contribution in [0.2, 0.25) is 0 Å². The number of nitrogens with zero attached hydrogens (tertiary/aromatic N) is 1. The van der Waals surface area contributed by atoms with Gasteiger partial charge in [-0.2, -0.15) is 0 Å². The molecule has 2 rings (SSSR count). The molecule has 2 aromatic rings. The van der Waals surface area contributed by atoms with Crippen LogP contribution >= 0.6 is 0 Å². The van der Waals surface area contributed by atoms with Crippen molar-refractivity contribution in [2.45, 2.75) is 39.3 Å². The molecule has 0 radical (unpaired) electrons. The van der Waals surface area contributed by atoms with Crippen LogP contribution in [0.5, 0.6) is 0 Å². The van der Waals surface area contributed by atoms with Crippen LogP contribution in [-0.4, -0.2) is 35.0 Å². The summed E-state index contributed by atoms with van der Waals surface area (Å²) in [5.74, 6) is -0.474. The van der Waals surface area contributed by atoms with Crippen molar-refractivity contribution in [2.24, 2.45) is 0 Å². The van der Waals surface area contributed by atoms with Gasteiger partial charge >= 0.3 is 6.09 Å². The molecule has 3 N–H and O–H groups in total. The molecule has 154 valence electrons.